The van der Waals surface area contributed by atoms with E-state index in [0.29, 0.717) is 0 Å². The molecule has 0 amide bonds. The number of carbonyl (C=O) groups is 2. The van der Waals surface area contributed by atoms with Crippen LogP contribution in [0.1, 0.15) is 31.5 Å². The Bertz CT molecular complexity index is 597. The van der Waals surface area contributed by atoms with Crippen LogP contribution < -0.4 is 0 Å². The second-order valence-corrected chi connectivity index (χ2v) is 6.65. The van der Waals surface area contributed by atoms with E-state index in [4.69, 9.17) is 9.47 Å². The Labute approximate surface area is 146 Å². The van der Waals surface area contributed by atoms with Gasteiger partial charge in [-0.2, -0.15) is 0 Å². The van der Waals surface area contributed by atoms with Crippen molar-refractivity contribution in [1.82, 2.24) is 14.9 Å². The number of hydrogen-bond donors (Lipinski definition) is 0. The van der Waals surface area contributed by atoms with Crippen LogP contribution >= 0.6 is 11.8 Å². The van der Waals surface area contributed by atoms with Crippen molar-refractivity contribution >= 4 is 23.7 Å². The van der Waals surface area contributed by atoms with Crippen LogP contribution in [0.4, 0.5) is 0 Å². The van der Waals surface area contributed by atoms with E-state index >= 15 is 0 Å². The number of nitrogens with zero attached hydrogens (tertiary/aromatic N) is 3. The molecule has 132 valence electrons. The summed E-state index contributed by atoms with van der Waals surface area (Å²) in [4.78, 5) is 34.9. The predicted octanol–water partition coefficient (Wildman–Crippen LogP) is 1.44. The Balaban J connectivity index is 2.19. The molecule has 0 bridgehead atoms. The molecule has 0 fully saturated rings. The normalized spacial score (nSPS) is 15.5. The van der Waals surface area contributed by atoms with Crippen LogP contribution in [0.15, 0.2) is 11.4 Å². The molecule has 0 saturated heterocycles. The minimum absolute atomic E-state index is 0.0358. The number of hydrogen-bond acceptors (Lipinski definition) is 8. The summed E-state index contributed by atoms with van der Waals surface area (Å²) in [6, 6.07) is 0. The van der Waals surface area contributed by atoms with Crippen molar-refractivity contribution < 1.29 is 19.1 Å². The third-order valence-corrected chi connectivity index (χ3v) is 4.83. The molecule has 24 heavy (non-hydrogen) atoms. The van der Waals surface area contributed by atoms with Crippen LogP contribution in [0, 0.1) is 0 Å². The standard InChI is InChI=1S/C16H23N3O4S/c1-4-22-14(20)8-13(16(21)23-5-2)24-15-11-9-19(3)7-6-12(11)17-10-18-15/h10,13H,4-9H2,1-3H3/t13-/m0/s1. The molecule has 1 aromatic rings. The lowest BCUT2D eigenvalue weighted by molar-refractivity contribution is -0.149. The lowest BCUT2D eigenvalue weighted by Gasteiger charge is -2.26. The van der Waals surface area contributed by atoms with Crippen molar-refractivity contribution in [2.75, 3.05) is 26.8 Å². The largest absolute Gasteiger partial charge is 0.466 e. The van der Waals surface area contributed by atoms with Gasteiger partial charge in [-0.15, -0.1) is 0 Å². The van der Waals surface area contributed by atoms with Crippen LogP contribution in [-0.2, 0) is 32.0 Å². The van der Waals surface area contributed by atoms with Gasteiger partial charge in [0.1, 0.15) is 16.6 Å². The van der Waals surface area contributed by atoms with E-state index in [9.17, 15) is 9.59 Å². The molecule has 7 nitrogen and oxygen atoms in total. The van der Waals surface area contributed by atoms with E-state index in [1.54, 1.807) is 13.8 Å². The maximum absolute atomic E-state index is 12.2. The maximum atomic E-state index is 12.2. The Morgan fingerprint density at radius 1 is 1.29 bits per heavy atom. The van der Waals surface area contributed by atoms with Crippen molar-refractivity contribution in [2.24, 2.45) is 0 Å². The fourth-order valence-electron chi connectivity index (χ4n) is 2.47. The highest BCUT2D eigenvalue weighted by Crippen LogP contribution is 2.31. The third-order valence-electron chi connectivity index (χ3n) is 3.61. The van der Waals surface area contributed by atoms with Crippen molar-refractivity contribution in [3.8, 4) is 0 Å². The molecule has 2 rings (SSSR count). The molecule has 0 aromatic carbocycles. The molecule has 1 atom stereocenters. The van der Waals surface area contributed by atoms with Gasteiger partial charge in [-0.25, -0.2) is 9.97 Å². The van der Waals surface area contributed by atoms with E-state index in [-0.39, 0.29) is 19.6 Å². The van der Waals surface area contributed by atoms with Gasteiger partial charge in [-0.1, -0.05) is 11.8 Å². The molecular weight excluding hydrogens is 330 g/mol. The number of rotatable bonds is 7. The zero-order chi connectivity index (χ0) is 17.5. The highest BCUT2D eigenvalue weighted by Gasteiger charge is 2.28. The molecular formula is C16H23N3O4S. The fraction of sp³-hybridized carbons (Fsp3) is 0.625. The number of ether oxygens (including phenoxy) is 2. The van der Waals surface area contributed by atoms with E-state index in [0.717, 1.165) is 35.8 Å². The monoisotopic (exact) mass is 353 g/mol. The van der Waals surface area contributed by atoms with Crippen LogP contribution in [0.5, 0.6) is 0 Å². The Morgan fingerprint density at radius 3 is 2.75 bits per heavy atom. The number of fused-ring (bicyclic) bond motifs is 1. The minimum Gasteiger partial charge on any atom is -0.466 e. The summed E-state index contributed by atoms with van der Waals surface area (Å²) >= 11 is 1.25. The summed E-state index contributed by atoms with van der Waals surface area (Å²) in [5, 5.41) is 0.0594. The molecule has 0 unspecified atom stereocenters. The van der Waals surface area contributed by atoms with Crippen molar-refractivity contribution in [3.05, 3.63) is 17.6 Å². The van der Waals surface area contributed by atoms with Gasteiger partial charge in [0.2, 0.25) is 0 Å². The summed E-state index contributed by atoms with van der Waals surface area (Å²) in [5.74, 6) is -0.838. The molecule has 0 spiro atoms. The molecule has 1 aliphatic heterocycles. The van der Waals surface area contributed by atoms with Crippen molar-refractivity contribution in [1.29, 1.82) is 0 Å². The lowest BCUT2D eigenvalue weighted by atomic mass is 10.1. The van der Waals surface area contributed by atoms with E-state index < -0.39 is 17.2 Å². The highest BCUT2D eigenvalue weighted by molar-refractivity contribution is 8.00. The zero-order valence-electron chi connectivity index (χ0n) is 14.3. The van der Waals surface area contributed by atoms with E-state index in [1.807, 2.05) is 7.05 Å². The molecule has 0 radical (unpaired) electrons. The van der Waals surface area contributed by atoms with Gasteiger partial charge in [0.05, 0.1) is 25.3 Å². The SMILES string of the molecule is CCOC(=O)C[C@H](Sc1ncnc2c1CN(C)CC2)C(=O)OCC. The Morgan fingerprint density at radius 2 is 2.04 bits per heavy atom. The molecule has 8 heteroatoms. The second-order valence-electron chi connectivity index (χ2n) is 5.46. The van der Waals surface area contributed by atoms with Gasteiger partial charge in [0.15, 0.2) is 0 Å². The second kappa shape index (κ2) is 8.98. The number of esters is 2. The van der Waals surface area contributed by atoms with Crippen LogP contribution in [0.3, 0.4) is 0 Å². The number of carbonyl (C=O) groups excluding carboxylic acids is 2. The summed E-state index contributed by atoms with van der Waals surface area (Å²) in [6.07, 6.45) is 2.33. The molecule has 0 N–H and O–H groups in total. The van der Waals surface area contributed by atoms with Gasteiger partial charge in [-0.3, -0.25) is 9.59 Å². The number of thioether (sulfide) groups is 1. The smallest absolute Gasteiger partial charge is 0.320 e. The van der Waals surface area contributed by atoms with E-state index in [2.05, 4.69) is 14.9 Å². The summed E-state index contributed by atoms with van der Waals surface area (Å²) < 4.78 is 10.1. The molecule has 0 aliphatic carbocycles. The summed E-state index contributed by atoms with van der Waals surface area (Å²) in [5.41, 5.74) is 2.03. The summed E-state index contributed by atoms with van der Waals surface area (Å²) in [7, 11) is 2.03. The molecule has 1 aliphatic rings. The first kappa shape index (κ1) is 18.7. The molecule has 1 aromatic heterocycles. The van der Waals surface area contributed by atoms with Crippen LogP contribution in [0.25, 0.3) is 0 Å². The van der Waals surface area contributed by atoms with Gasteiger partial charge >= 0.3 is 11.9 Å². The van der Waals surface area contributed by atoms with Crippen LogP contribution in [-0.4, -0.2) is 58.9 Å². The van der Waals surface area contributed by atoms with Gasteiger partial charge < -0.3 is 14.4 Å². The van der Waals surface area contributed by atoms with Crippen molar-refractivity contribution in [3.63, 3.8) is 0 Å². The average molecular weight is 353 g/mol. The Kier molecular flexibility index (Phi) is 6.99. The third kappa shape index (κ3) is 4.91. The highest BCUT2D eigenvalue weighted by atomic mass is 32.2. The first-order valence-electron chi connectivity index (χ1n) is 8.05. The first-order valence-corrected chi connectivity index (χ1v) is 8.93. The van der Waals surface area contributed by atoms with Gasteiger partial charge in [-0.05, 0) is 20.9 Å². The minimum atomic E-state index is -0.671. The topological polar surface area (TPSA) is 81.6 Å². The van der Waals surface area contributed by atoms with E-state index in [1.165, 1.54) is 18.1 Å². The summed E-state index contributed by atoms with van der Waals surface area (Å²) in [6.45, 7) is 5.70. The quantitative estimate of drug-likeness (QED) is 0.414. The van der Waals surface area contributed by atoms with Gasteiger partial charge in [0, 0.05) is 25.1 Å². The maximum Gasteiger partial charge on any atom is 0.320 e. The Hall–Kier alpha value is -1.67. The lowest BCUT2D eigenvalue weighted by Crippen LogP contribution is -2.29. The predicted molar refractivity (Wildman–Crippen MR) is 89.6 cm³/mol. The van der Waals surface area contributed by atoms with Crippen LogP contribution in [0.2, 0.25) is 0 Å². The average Bonchev–Trinajstić information content (AvgIpc) is 2.55. The zero-order valence-corrected chi connectivity index (χ0v) is 15.1. The van der Waals surface area contributed by atoms with Gasteiger partial charge in [0.25, 0.3) is 0 Å². The first-order chi connectivity index (χ1) is 11.5. The number of likely N-dealkylation sites (N-methyl/N-ethyl adjacent to an activating group) is 1. The molecule has 0 saturated carbocycles. The number of aromatic nitrogens is 2. The molecule has 2 heterocycles. The fourth-order valence-corrected chi connectivity index (χ4v) is 3.55. The van der Waals surface area contributed by atoms with Crippen molar-refractivity contribution in [2.45, 2.75) is 43.5 Å².